The van der Waals surface area contributed by atoms with Crippen LogP contribution in [0.3, 0.4) is 0 Å². The van der Waals surface area contributed by atoms with E-state index >= 15 is 0 Å². The van der Waals surface area contributed by atoms with Crippen LogP contribution in [0.5, 0.6) is 11.5 Å². The van der Waals surface area contributed by atoms with Crippen LogP contribution in [0.15, 0.2) is 24.5 Å². The number of ether oxygens (including phenoxy) is 2. The summed E-state index contributed by atoms with van der Waals surface area (Å²) in [6.45, 7) is 1.92. The van der Waals surface area contributed by atoms with Crippen molar-refractivity contribution < 1.29 is 9.47 Å². The average Bonchev–Trinajstić information content (AvgIpc) is 2.90. The number of H-pyrrole nitrogens is 1. The Hall–Kier alpha value is -2.83. The second-order valence-electron chi connectivity index (χ2n) is 4.46. The number of aromatic amines is 1. The van der Waals surface area contributed by atoms with Gasteiger partial charge < -0.3 is 14.8 Å². The molecule has 0 saturated carbocycles. The smallest absolute Gasteiger partial charge is 0.162 e. The van der Waals surface area contributed by atoms with Gasteiger partial charge in [-0.25, -0.2) is 9.97 Å². The van der Waals surface area contributed by atoms with E-state index in [0.29, 0.717) is 22.8 Å². The van der Waals surface area contributed by atoms with E-state index in [4.69, 9.17) is 9.47 Å². The van der Waals surface area contributed by atoms with Gasteiger partial charge >= 0.3 is 0 Å². The topological polar surface area (TPSA) is 85.0 Å². The lowest BCUT2D eigenvalue weighted by atomic mass is 10.2. The van der Waals surface area contributed by atoms with E-state index in [1.807, 2.05) is 25.1 Å². The molecular formula is C14H15N5O2. The number of fused-ring (bicyclic) bond motifs is 1. The number of rotatable bonds is 4. The van der Waals surface area contributed by atoms with E-state index in [1.165, 1.54) is 6.33 Å². The molecule has 0 spiro atoms. The van der Waals surface area contributed by atoms with Crippen molar-refractivity contribution in [2.24, 2.45) is 0 Å². The van der Waals surface area contributed by atoms with Gasteiger partial charge in [0.15, 0.2) is 22.8 Å². The molecule has 0 radical (unpaired) electrons. The molecule has 2 aromatic heterocycles. The molecule has 0 aliphatic carbocycles. The van der Waals surface area contributed by atoms with E-state index in [1.54, 1.807) is 14.2 Å². The van der Waals surface area contributed by atoms with Gasteiger partial charge in [-0.2, -0.15) is 5.10 Å². The molecule has 0 amide bonds. The summed E-state index contributed by atoms with van der Waals surface area (Å²) in [7, 11) is 3.20. The molecule has 0 saturated heterocycles. The normalized spacial score (nSPS) is 10.6. The van der Waals surface area contributed by atoms with E-state index in [-0.39, 0.29) is 0 Å². The number of methoxy groups -OCH3 is 2. The number of hydrogen-bond acceptors (Lipinski definition) is 6. The molecule has 0 aliphatic heterocycles. The highest BCUT2D eigenvalue weighted by atomic mass is 16.5. The van der Waals surface area contributed by atoms with Gasteiger partial charge in [-0.1, -0.05) is 0 Å². The highest BCUT2D eigenvalue weighted by Crippen LogP contribution is 2.31. The van der Waals surface area contributed by atoms with Crippen molar-refractivity contribution >= 4 is 22.5 Å². The summed E-state index contributed by atoms with van der Waals surface area (Å²) in [5.74, 6) is 1.95. The van der Waals surface area contributed by atoms with Crippen molar-refractivity contribution in [2.75, 3.05) is 19.5 Å². The second kappa shape index (κ2) is 5.28. The van der Waals surface area contributed by atoms with E-state index in [2.05, 4.69) is 25.5 Å². The number of nitrogens with one attached hydrogen (secondary N) is 2. The summed E-state index contributed by atoms with van der Waals surface area (Å²) in [6.07, 6.45) is 1.51. The zero-order valence-corrected chi connectivity index (χ0v) is 12.0. The summed E-state index contributed by atoms with van der Waals surface area (Å²) in [5.41, 5.74) is 3.23. The predicted octanol–water partition coefficient (Wildman–Crippen LogP) is 2.42. The molecule has 21 heavy (non-hydrogen) atoms. The maximum Gasteiger partial charge on any atom is 0.162 e. The first-order chi connectivity index (χ1) is 10.2. The van der Waals surface area contributed by atoms with Crippen molar-refractivity contribution in [3.63, 3.8) is 0 Å². The fraction of sp³-hybridized carbons (Fsp3) is 0.214. The molecule has 0 atom stereocenters. The van der Waals surface area contributed by atoms with Gasteiger partial charge in [-0.3, -0.25) is 5.10 Å². The zero-order valence-electron chi connectivity index (χ0n) is 12.0. The third-order valence-electron chi connectivity index (χ3n) is 3.16. The number of aromatic nitrogens is 4. The minimum Gasteiger partial charge on any atom is -0.493 e. The Balaban J connectivity index is 1.99. The number of hydrogen-bond donors (Lipinski definition) is 2. The lowest BCUT2D eigenvalue weighted by Gasteiger charge is -2.10. The summed E-state index contributed by atoms with van der Waals surface area (Å²) >= 11 is 0. The molecular weight excluding hydrogens is 270 g/mol. The van der Waals surface area contributed by atoms with Crippen LogP contribution in [0.25, 0.3) is 11.0 Å². The lowest BCUT2D eigenvalue weighted by molar-refractivity contribution is 0.355. The Morgan fingerprint density at radius 2 is 1.86 bits per heavy atom. The minimum absolute atomic E-state index is 0.636. The molecule has 1 aromatic carbocycles. The van der Waals surface area contributed by atoms with Crippen LogP contribution in [0.4, 0.5) is 11.5 Å². The Kier molecular flexibility index (Phi) is 3.31. The third kappa shape index (κ3) is 2.33. The first-order valence-corrected chi connectivity index (χ1v) is 6.37. The molecule has 0 bridgehead atoms. The van der Waals surface area contributed by atoms with Crippen molar-refractivity contribution in [2.45, 2.75) is 6.92 Å². The molecule has 2 N–H and O–H groups in total. The van der Waals surface area contributed by atoms with Gasteiger partial charge in [0.05, 0.1) is 19.9 Å². The molecule has 3 rings (SSSR count). The monoisotopic (exact) mass is 285 g/mol. The summed E-state index contributed by atoms with van der Waals surface area (Å²) < 4.78 is 10.5. The highest BCUT2D eigenvalue weighted by Gasteiger charge is 2.11. The van der Waals surface area contributed by atoms with Crippen LogP contribution >= 0.6 is 0 Å². The number of aryl methyl sites for hydroxylation is 1. The van der Waals surface area contributed by atoms with Gasteiger partial charge in [-0.15, -0.1) is 0 Å². The second-order valence-corrected chi connectivity index (χ2v) is 4.46. The maximum absolute atomic E-state index is 5.29. The molecule has 0 unspecified atom stereocenters. The van der Waals surface area contributed by atoms with Crippen LogP contribution in [0.2, 0.25) is 0 Å². The van der Waals surface area contributed by atoms with Gasteiger partial charge in [0.25, 0.3) is 0 Å². The van der Waals surface area contributed by atoms with E-state index in [9.17, 15) is 0 Å². The third-order valence-corrected chi connectivity index (χ3v) is 3.16. The SMILES string of the molecule is COc1ccc(Nc2ncnc3c(C)[nH]nc23)cc1OC. The molecule has 2 heterocycles. The molecule has 7 nitrogen and oxygen atoms in total. The Morgan fingerprint density at radius 1 is 1.05 bits per heavy atom. The molecule has 108 valence electrons. The van der Waals surface area contributed by atoms with Crippen LogP contribution in [-0.4, -0.2) is 34.4 Å². The summed E-state index contributed by atoms with van der Waals surface area (Å²) in [6, 6.07) is 5.55. The van der Waals surface area contributed by atoms with Crippen LogP contribution in [-0.2, 0) is 0 Å². The fourth-order valence-corrected chi connectivity index (χ4v) is 2.09. The van der Waals surface area contributed by atoms with Crippen LogP contribution in [0.1, 0.15) is 5.69 Å². The lowest BCUT2D eigenvalue weighted by Crippen LogP contribution is -1.97. The number of anilines is 2. The van der Waals surface area contributed by atoms with E-state index < -0.39 is 0 Å². The minimum atomic E-state index is 0.636. The van der Waals surface area contributed by atoms with Crippen molar-refractivity contribution in [1.29, 1.82) is 0 Å². The van der Waals surface area contributed by atoms with Crippen molar-refractivity contribution in [3.8, 4) is 11.5 Å². The first-order valence-electron chi connectivity index (χ1n) is 6.37. The van der Waals surface area contributed by atoms with Gasteiger partial charge in [0, 0.05) is 11.8 Å². The largest absolute Gasteiger partial charge is 0.493 e. The van der Waals surface area contributed by atoms with Gasteiger partial charge in [0.1, 0.15) is 11.8 Å². The van der Waals surface area contributed by atoms with Gasteiger partial charge in [-0.05, 0) is 19.1 Å². The Labute approximate surface area is 121 Å². The summed E-state index contributed by atoms with van der Waals surface area (Å²) in [4.78, 5) is 8.45. The standard InChI is InChI=1S/C14H15N5O2/c1-8-12-13(19-18-8)14(16-7-15-12)17-9-4-5-10(20-2)11(6-9)21-3/h4-7H,1-3H3,(H,18,19)(H,15,16,17). The Bertz CT molecular complexity index is 784. The van der Waals surface area contributed by atoms with Gasteiger partial charge in [0.2, 0.25) is 0 Å². The molecule has 3 aromatic rings. The van der Waals surface area contributed by atoms with E-state index in [0.717, 1.165) is 16.9 Å². The van der Waals surface area contributed by atoms with Crippen molar-refractivity contribution in [3.05, 3.63) is 30.2 Å². The average molecular weight is 285 g/mol. The number of benzene rings is 1. The highest BCUT2D eigenvalue weighted by molar-refractivity contribution is 5.88. The maximum atomic E-state index is 5.29. The van der Waals surface area contributed by atoms with Crippen molar-refractivity contribution in [1.82, 2.24) is 20.2 Å². The molecule has 7 heteroatoms. The number of nitrogens with zero attached hydrogens (tertiary/aromatic N) is 3. The predicted molar refractivity (Wildman–Crippen MR) is 79.2 cm³/mol. The first kappa shape index (κ1) is 13.2. The van der Waals surface area contributed by atoms with Crippen LogP contribution in [0, 0.1) is 6.92 Å². The quantitative estimate of drug-likeness (QED) is 0.765. The summed E-state index contributed by atoms with van der Waals surface area (Å²) in [5, 5.41) is 10.3. The zero-order chi connectivity index (χ0) is 14.8. The molecule has 0 aliphatic rings. The molecule has 0 fully saturated rings. The fourth-order valence-electron chi connectivity index (χ4n) is 2.09. The van der Waals surface area contributed by atoms with Crippen LogP contribution < -0.4 is 14.8 Å². The Morgan fingerprint density at radius 3 is 2.62 bits per heavy atom.